The lowest BCUT2D eigenvalue weighted by Crippen LogP contribution is -2.66. The van der Waals surface area contributed by atoms with Crippen LogP contribution >= 0.6 is 0 Å². The zero-order chi connectivity index (χ0) is 8.97. The zero-order valence-corrected chi connectivity index (χ0v) is 7.45. The van der Waals surface area contributed by atoms with Crippen molar-refractivity contribution >= 4 is 5.97 Å². The molecule has 0 fully saturated rings. The average molecular weight is 170 g/mol. The Kier molecular flexibility index (Phi) is 3.29. The molecule has 0 aliphatic heterocycles. The molecule has 0 spiro atoms. The highest BCUT2D eigenvalue weighted by atomic mass is 16.5. The summed E-state index contributed by atoms with van der Waals surface area (Å²) in [5.74, 6) is -0.114. The van der Waals surface area contributed by atoms with Crippen LogP contribution in [0.3, 0.4) is 0 Å². The summed E-state index contributed by atoms with van der Waals surface area (Å²) in [7, 11) is 0. The molecule has 0 unspecified atom stereocenters. The molecule has 0 heterocycles. The van der Waals surface area contributed by atoms with E-state index in [-0.39, 0.29) is 17.9 Å². The number of hydrogen-bond donors (Lipinski definition) is 1. The van der Waals surface area contributed by atoms with Crippen LogP contribution in [0.15, 0.2) is 12.2 Å². The van der Waals surface area contributed by atoms with Crippen molar-refractivity contribution in [2.45, 2.75) is 25.8 Å². The number of carbonyl (C=O) groups excluding carboxylic acids is 1. The molecule has 3 heteroatoms. The van der Waals surface area contributed by atoms with Gasteiger partial charge in [-0.1, -0.05) is 12.2 Å². The Morgan fingerprint density at radius 1 is 1.58 bits per heavy atom. The number of quaternary nitrogens is 1. The molecule has 68 valence electrons. The van der Waals surface area contributed by atoms with Gasteiger partial charge in [-0.3, -0.25) is 4.79 Å². The van der Waals surface area contributed by atoms with Gasteiger partial charge in [0.05, 0.1) is 6.61 Å². The number of carbonyl (C=O) groups is 1. The Bertz CT molecular complexity index is 189. The molecule has 0 saturated carbocycles. The summed E-state index contributed by atoms with van der Waals surface area (Å²) in [5.41, 5.74) is 3.93. The first-order chi connectivity index (χ1) is 5.75. The summed E-state index contributed by atoms with van der Waals surface area (Å²) in [5, 5.41) is 0. The summed E-state index contributed by atoms with van der Waals surface area (Å²) in [6.07, 6.45) is 5.78. The van der Waals surface area contributed by atoms with Crippen molar-refractivity contribution in [1.29, 1.82) is 0 Å². The summed E-state index contributed by atoms with van der Waals surface area (Å²) >= 11 is 0. The minimum absolute atomic E-state index is 0.0186. The monoisotopic (exact) mass is 170 g/mol. The zero-order valence-electron chi connectivity index (χ0n) is 7.45. The number of hydrogen-bond acceptors (Lipinski definition) is 2. The fourth-order valence-electron chi connectivity index (χ4n) is 1.41. The van der Waals surface area contributed by atoms with Gasteiger partial charge in [-0.2, -0.15) is 0 Å². The van der Waals surface area contributed by atoms with E-state index in [4.69, 9.17) is 4.74 Å². The molecule has 0 radical (unpaired) electrons. The third-order valence-corrected chi connectivity index (χ3v) is 2.15. The fraction of sp³-hybridized carbons (Fsp3) is 0.667. The first-order valence-electron chi connectivity index (χ1n) is 4.40. The summed E-state index contributed by atoms with van der Waals surface area (Å²) < 4.78 is 4.94. The van der Waals surface area contributed by atoms with Crippen molar-refractivity contribution in [3.05, 3.63) is 12.2 Å². The summed E-state index contributed by atoms with van der Waals surface area (Å²) in [6, 6.07) is 0.189. The maximum atomic E-state index is 11.3. The van der Waals surface area contributed by atoms with Gasteiger partial charge in [-0.25, -0.2) is 0 Å². The van der Waals surface area contributed by atoms with Crippen LogP contribution in [0.4, 0.5) is 0 Å². The SMILES string of the molecule is CCOC(=O)[C@@H]1CC=CC[C@H]1[NH3+]. The van der Waals surface area contributed by atoms with Crippen molar-refractivity contribution in [2.24, 2.45) is 5.92 Å². The maximum absolute atomic E-state index is 11.3. The lowest BCUT2D eigenvalue weighted by atomic mass is 9.90. The highest BCUT2D eigenvalue weighted by Gasteiger charge is 2.29. The molecule has 1 aliphatic rings. The van der Waals surface area contributed by atoms with Gasteiger partial charge in [0, 0.05) is 6.42 Å². The van der Waals surface area contributed by atoms with Gasteiger partial charge in [0.25, 0.3) is 0 Å². The van der Waals surface area contributed by atoms with Crippen LogP contribution in [0.25, 0.3) is 0 Å². The molecule has 0 aromatic carbocycles. The smallest absolute Gasteiger partial charge is 0.315 e. The molecule has 3 nitrogen and oxygen atoms in total. The Labute approximate surface area is 72.6 Å². The molecule has 0 aromatic heterocycles. The second-order valence-corrected chi connectivity index (χ2v) is 3.06. The summed E-state index contributed by atoms with van der Waals surface area (Å²) in [6.45, 7) is 2.29. The first-order valence-corrected chi connectivity index (χ1v) is 4.40. The Morgan fingerprint density at radius 2 is 2.25 bits per heavy atom. The third kappa shape index (κ3) is 2.08. The van der Waals surface area contributed by atoms with Gasteiger partial charge < -0.3 is 10.5 Å². The van der Waals surface area contributed by atoms with Gasteiger partial charge >= 0.3 is 5.97 Å². The normalized spacial score (nSPS) is 28.5. The van der Waals surface area contributed by atoms with Crippen LogP contribution in [0.2, 0.25) is 0 Å². The van der Waals surface area contributed by atoms with Gasteiger partial charge in [0.1, 0.15) is 12.0 Å². The van der Waals surface area contributed by atoms with Crippen molar-refractivity contribution in [3.63, 3.8) is 0 Å². The Hall–Kier alpha value is -0.830. The lowest BCUT2D eigenvalue weighted by Gasteiger charge is -2.19. The summed E-state index contributed by atoms with van der Waals surface area (Å²) in [4.78, 5) is 11.3. The topological polar surface area (TPSA) is 53.9 Å². The quantitative estimate of drug-likeness (QED) is 0.473. The van der Waals surface area contributed by atoms with E-state index in [1.165, 1.54) is 0 Å². The highest BCUT2D eigenvalue weighted by Crippen LogP contribution is 2.17. The molecule has 1 rings (SSSR count). The van der Waals surface area contributed by atoms with Gasteiger partial charge in [-0.05, 0) is 13.3 Å². The van der Waals surface area contributed by atoms with Crippen molar-refractivity contribution in [1.82, 2.24) is 0 Å². The molecule has 0 aromatic rings. The van der Waals surface area contributed by atoms with E-state index in [2.05, 4.69) is 11.8 Å². The van der Waals surface area contributed by atoms with Gasteiger partial charge in [0.15, 0.2) is 0 Å². The molecular formula is C9H16NO2+. The molecule has 1 aliphatic carbocycles. The molecule has 12 heavy (non-hydrogen) atoms. The van der Waals surface area contributed by atoms with Crippen molar-refractivity contribution < 1.29 is 15.3 Å². The number of allylic oxidation sites excluding steroid dienone is 1. The fourth-order valence-corrected chi connectivity index (χ4v) is 1.41. The van der Waals surface area contributed by atoms with Gasteiger partial charge in [-0.15, -0.1) is 0 Å². The number of esters is 1. The molecule has 0 bridgehead atoms. The van der Waals surface area contributed by atoms with Crippen molar-refractivity contribution in [2.75, 3.05) is 6.61 Å². The van der Waals surface area contributed by atoms with Crippen LogP contribution in [0.1, 0.15) is 19.8 Å². The molecule has 0 amide bonds. The number of ether oxygens (including phenoxy) is 1. The largest absolute Gasteiger partial charge is 0.466 e. The Balaban J connectivity index is 2.49. The number of rotatable bonds is 2. The maximum Gasteiger partial charge on any atom is 0.315 e. The minimum atomic E-state index is -0.0955. The standard InChI is InChI=1S/C9H15NO2/c1-2-12-9(11)7-5-3-4-6-8(7)10/h3-4,7-8H,2,5-6,10H2,1H3/p+1/t7-,8-/m1/s1. The predicted octanol–water partition coefficient (Wildman–Crippen LogP) is 0.126. The van der Waals surface area contributed by atoms with E-state index in [0.717, 1.165) is 12.8 Å². The van der Waals surface area contributed by atoms with Crippen LogP contribution < -0.4 is 5.73 Å². The van der Waals surface area contributed by atoms with E-state index < -0.39 is 0 Å². The van der Waals surface area contributed by atoms with Crippen LogP contribution in [-0.2, 0) is 9.53 Å². The van der Waals surface area contributed by atoms with Crippen LogP contribution in [-0.4, -0.2) is 18.6 Å². The average Bonchev–Trinajstić information content (AvgIpc) is 2.05. The molecular weight excluding hydrogens is 154 g/mol. The van der Waals surface area contributed by atoms with E-state index in [0.29, 0.717) is 6.61 Å². The van der Waals surface area contributed by atoms with Gasteiger partial charge in [0.2, 0.25) is 0 Å². The van der Waals surface area contributed by atoms with E-state index >= 15 is 0 Å². The molecule has 0 saturated heterocycles. The van der Waals surface area contributed by atoms with E-state index in [1.807, 2.05) is 13.0 Å². The second kappa shape index (κ2) is 4.26. The lowest BCUT2D eigenvalue weighted by molar-refractivity contribution is -0.429. The molecule has 3 N–H and O–H groups in total. The second-order valence-electron chi connectivity index (χ2n) is 3.06. The Morgan fingerprint density at radius 3 is 2.83 bits per heavy atom. The predicted molar refractivity (Wildman–Crippen MR) is 45.2 cm³/mol. The third-order valence-electron chi connectivity index (χ3n) is 2.15. The minimum Gasteiger partial charge on any atom is -0.466 e. The first kappa shape index (κ1) is 9.26. The van der Waals surface area contributed by atoms with Crippen LogP contribution in [0, 0.1) is 5.92 Å². The molecule has 2 atom stereocenters. The van der Waals surface area contributed by atoms with E-state index in [9.17, 15) is 4.79 Å². The van der Waals surface area contributed by atoms with E-state index in [1.54, 1.807) is 0 Å². The van der Waals surface area contributed by atoms with Crippen molar-refractivity contribution in [3.8, 4) is 0 Å². The highest BCUT2D eigenvalue weighted by molar-refractivity contribution is 5.73. The van der Waals surface area contributed by atoms with Crippen LogP contribution in [0.5, 0.6) is 0 Å².